The number of rotatable bonds is 5. The van der Waals surface area contributed by atoms with Crippen LogP contribution in [0.3, 0.4) is 0 Å². The van der Waals surface area contributed by atoms with Crippen LogP contribution in [-0.4, -0.2) is 18.9 Å². The summed E-state index contributed by atoms with van der Waals surface area (Å²) in [5, 5.41) is 5.97. The Morgan fingerprint density at radius 2 is 1.90 bits per heavy atom. The van der Waals surface area contributed by atoms with Crippen LogP contribution in [0.4, 0.5) is 0 Å². The fourth-order valence-electron chi connectivity index (χ4n) is 2.77. The van der Waals surface area contributed by atoms with E-state index >= 15 is 0 Å². The number of hydrogen-bond acceptors (Lipinski definition) is 2. The quantitative estimate of drug-likeness (QED) is 0.815. The van der Waals surface area contributed by atoms with Crippen molar-refractivity contribution in [3.63, 3.8) is 0 Å². The van der Waals surface area contributed by atoms with Crippen molar-refractivity contribution in [3.8, 4) is 0 Å². The molecule has 3 rings (SSSR count). The number of nitrogens with zero attached hydrogens (tertiary/aromatic N) is 1. The summed E-state index contributed by atoms with van der Waals surface area (Å²) in [6, 6.07) is 13.5. The minimum atomic E-state index is 0.893. The zero-order valence-electron chi connectivity index (χ0n) is 12.2. The highest BCUT2D eigenvalue weighted by atomic mass is 15.1. The summed E-state index contributed by atoms with van der Waals surface area (Å²) in [6.45, 7) is 4.11. The summed E-state index contributed by atoms with van der Waals surface area (Å²) in [4.78, 5) is 4.49. The number of amidine groups is 1. The van der Waals surface area contributed by atoms with E-state index in [1.807, 2.05) is 0 Å². The number of nitrogens with one attached hydrogen (secondary N) is 1. The normalized spacial score (nSPS) is 14.3. The first-order valence-electron chi connectivity index (χ1n) is 7.68. The van der Waals surface area contributed by atoms with E-state index in [1.165, 1.54) is 47.6 Å². The lowest BCUT2D eigenvalue weighted by molar-refractivity contribution is 0.718. The minimum absolute atomic E-state index is 0.893. The molecule has 0 bridgehead atoms. The maximum Gasteiger partial charge on any atom is 0.128 e. The molecular formula is C18H22N2. The van der Waals surface area contributed by atoms with Crippen molar-refractivity contribution in [2.45, 2.75) is 32.6 Å². The van der Waals surface area contributed by atoms with Gasteiger partial charge in [0, 0.05) is 12.1 Å². The van der Waals surface area contributed by atoms with Gasteiger partial charge in [0.05, 0.1) is 6.54 Å². The van der Waals surface area contributed by atoms with Crippen LogP contribution in [0, 0.1) is 0 Å². The van der Waals surface area contributed by atoms with E-state index in [4.69, 9.17) is 0 Å². The second-order valence-corrected chi connectivity index (χ2v) is 5.51. The molecule has 0 unspecified atom stereocenters. The predicted molar refractivity (Wildman–Crippen MR) is 86.6 cm³/mol. The Bertz CT molecular complexity index is 628. The SMILES string of the molecule is CCCCCc1ccc2cc(C3=NCCN3)ccc2c1. The van der Waals surface area contributed by atoms with Gasteiger partial charge in [-0.15, -0.1) is 0 Å². The number of hydrogen-bond donors (Lipinski definition) is 1. The Morgan fingerprint density at radius 1 is 1.05 bits per heavy atom. The molecule has 0 atom stereocenters. The van der Waals surface area contributed by atoms with Gasteiger partial charge in [0.1, 0.15) is 5.84 Å². The summed E-state index contributed by atoms with van der Waals surface area (Å²) in [5.74, 6) is 1.04. The van der Waals surface area contributed by atoms with Crippen molar-refractivity contribution in [3.05, 3.63) is 47.5 Å². The molecule has 0 radical (unpaired) electrons. The van der Waals surface area contributed by atoms with Crippen molar-refractivity contribution >= 4 is 16.6 Å². The van der Waals surface area contributed by atoms with Gasteiger partial charge < -0.3 is 5.32 Å². The Hall–Kier alpha value is -1.83. The molecule has 2 heteroatoms. The fraction of sp³-hybridized carbons (Fsp3) is 0.389. The van der Waals surface area contributed by atoms with Crippen LogP contribution in [0.15, 0.2) is 41.4 Å². The molecule has 1 N–H and O–H groups in total. The van der Waals surface area contributed by atoms with Crippen LogP contribution in [0.2, 0.25) is 0 Å². The van der Waals surface area contributed by atoms with Gasteiger partial charge in [-0.3, -0.25) is 4.99 Å². The van der Waals surface area contributed by atoms with Crippen molar-refractivity contribution in [1.82, 2.24) is 5.32 Å². The van der Waals surface area contributed by atoms with Gasteiger partial charge >= 0.3 is 0 Å². The van der Waals surface area contributed by atoms with Crippen LogP contribution in [0.25, 0.3) is 10.8 Å². The molecule has 0 spiro atoms. The van der Waals surface area contributed by atoms with Crippen molar-refractivity contribution in [2.24, 2.45) is 4.99 Å². The molecule has 0 saturated heterocycles. The molecule has 0 fully saturated rings. The second kappa shape index (κ2) is 6.08. The van der Waals surface area contributed by atoms with E-state index in [2.05, 4.69) is 53.6 Å². The zero-order chi connectivity index (χ0) is 13.8. The van der Waals surface area contributed by atoms with Crippen molar-refractivity contribution in [1.29, 1.82) is 0 Å². The molecule has 0 aromatic heterocycles. The fourth-order valence-corrected chi connectivity index (χ4v) is 2.77. The molecule has 1 aliphatic heterocycles. The van der Waals surface area contributed by atoms with E-state index in [0.717, 1.165) is 18.9 Å². The third kappa shape index (κ3) is 2.84. The first-order valence-corrected chi connectivity index (χ1v) is 7.68. The summed E-state index contributed by atoms with van der Waals surface area (Å²) < 4.78 is 0. The minimum Gasteiger partial charge on any atom is -0.368 e. The Labute approximate surface area is 120 Å². The number of fused-ring (bicyclic) bond motifs is 1. The third-order valence-corrected chi connectivity index (χ3v) is 3.92. The first-order chi connectivity index (χ1) is 9.86. The van der Waals surface area contributed by atoms with Gasteiger partial charge in [0.2, 0.25) is 0 Å². The number of unbranched alkanes of at least 4 members (excludes halogenated alkanes) is 2. The third-order valence-electron chi connectivity index (χ3n) is 3.92. The highest BCUT2D eigenvalue weighted by Crippen LogP contribution is 2.20. The molecule has 104 valence electrons. The van der Waals surface area contributed by atoms with Gasteiger partial charge in [-0.2, -0.15) is 0 Å². The number of aryl methyl sites for hydroxylation is 1. The van der Waals surface area contributed by atoms with E-state index in [9.17, 15) is 0 Å². The monoisotopic (exact) mass is 266 g/mol. The van der Waals surface area contributed by atoms with Gasteiger partial charge in [0.25, 0.3) is 0 Å². The molecule has 0 saturated carbocycles. The smallest absolute Gasteiger partial charge is 0.128 e. The Kier molecular flexibility index (Phi) is 4.00. The Morgan fingerprint density at radius 3 is 2.70 bits per heavy atom. The largest absolute Gasteiger partial charge is 0.368 e. The highest BCUT2D eigenvalue weighted by Gasteiger charge is 2.08. The highest BCUT2D eigenvalue weighted by molar-refractivity contribution is 6.02. The number of benzene rings is 2. The van der Waals surface area contributed by atoms with Gasteiger partial charge in [-0.1, -0.05) is 50.1 Å². The van der Waals surface area contributed by atoms with E-state index in [1.54, 1.807) is 0 Å². The van der Waals surface area contributed by atoms with Gasteiger partial charge in [-0.05, 0) is 35.2 Å². The van der Waals surface area contributed by atoms with E-state index in [-0.39, 0.29) is 0 Å². The van der Waals surface area contributed by atoms with Gasteiger partial charge in [0.15, 0.2) is 0 Å². The van der Waals surface area contributed by atoms with Crippen molar-refractivity contribution in [2.75, 3.05) is 13.1 Å². The maximum absolute atomic E-state index is 4.49. The molecule has 1 heterocycles. The van der Waals surface area contributed by atoms with Crippen LogP contribution < -0.4 is 5.32 Å². The topological polar surface area (TPSA) is 24.4 Å². The average molecular weight is 266 g/mol. The van der Waals surface area contributed by atoms with Gasteiger partial charge in [-0.25, -0.2) is 0 Å². The average Bonchev–Trinajstić information content (AvgIpc) is 3.01. The summed E-state index contributed by atoms with van der Waals surface area (Å²) in [5.41, 5.74) is 2.66. The van der Waals surface area contributed by atoms with E-state index < -0.39 is 0 Å². The lowest BCUT2D eigenvalue weighted by Crippen LogP contribution is -2.19. The summed E-state index contributed by atoms with van der Waals surface area (Å²) in [7, 11) is 0. The molecule has 20 heavy (non-hydrogen) atoms. The molecule has 1 aliphatic rings. The zero-order valence-corrected chi connectivity index (χ0v) is 12.2. The molecule has 2 aromatic rings. The molecule has 0 aliphatic carbocycles. The van der Waals surface area contributed by atoms with Crippen molar-refractivity contribution < 1.29 is 0 Å². The second-order valence-electron chi connectivity index (χ2n) is 5.51. The lowest BCUT2D eigenvalue weighted by atomic mass is 10.0. The standard InChI is InChI=1S/C18H22N2/c1-2-3-4-5-14-6-7-16-13-17(9-8-15(16)12-14)18-19-10-11-20-18/h6-9,12-13H,2-5,10-11H2,1H3,(H,19,20). The molecule has 0 amide bonds. The summed E-state index contributed by atoms with van der Waals surface area (Å²) >= 11 is 0. The molecule has 2 aromatic carbocycles. The molecular weight excluding hydrogens is 244 g/mol. The van der Waals surface area contributed by atoms with Crippen LogP contribution in [0.5, 0.6) is 0 Å². The van der Waals surface area contributed by atoms with Crippen LogP contribution >= 0.6 is 0 Å². The lowest BCUT2D eigenvalue weighted by Gasteiger charge is -2.07. The molecule has 2 nitrogen and oxygen atoms in total. The van der Waals surface area contributed by atoms with Crippen LogP contribution in [-0.2, 0) is 6.42 Å². The van der Waals surface area contributed by atoms with E-state index in [0.29, 0.717) is 0 Å². The first kappa shape index (κ1) is 13.2. The number of aliphatic imine (C=N–C) groups is 1. The Balaban J connectivity index is 1.83. The van der Waals surface area contributed by atoms with Crippen LogP contribution in [0.1, 0.15) is 37.3 Å². The summed E-state index contributed by atoms with van der Waals surface area (Å²) in [6.07, 6.45) is 5.09. The maximum atomic E-state index is 4.49. The predicted octanol–water partition coefficient (Wildman–Crippen LogP) is 3.92.